The molecule has 0 amide bonds. The molecular weight excluding hydrogens is 857 g/mol. The quantitative estimate of drug-likeness (QED) is 0.166. The van der Waals surface area contributed by atoms with Crippen molar-refractivity contribution in [3.63, 3.8) is 0 Å². The normalized spacial score (nSPS) is 13.0. The third-order valence-electron chi connectivity index (χ3n) is 10.3. The van der Waals surface area contributed by atoms with Crippen LogP contribution in [0.4, 0.5) is 65.9 Å². The van der Waals surface area contributed by atoms with Crippen LogP contribution in [0, 0.1) is 22.7 Å². The lowest BCUT2D eigenvalue weighted by atomic mass is 9.92. The van der Waals surface area contributed by atoms with Gasteiger partial charge in [-0.05, 0) is 103 Å². The molecule has 8 rings (SSSR count). The molecule has 0 aliphatic heterocycles. The van der Waals surface area contributed by atoms with Crippen molar-refractivity contribution in [3.8, 4) is 34.6 Å². The number of nitrogens with zero attached hydrogens (tertiary/aromatic N) is 4. The van der Waals surface area contributed by atoms with E-state index in [2.05, 4.69) is 0 Å². The summed E-state index contributed by atoms with van der Waals surface area (Å²) in [6.07, 6.45) is -25.3. The molecule has 0 radical (unpaired) electrons. The summed E-state index contributed by atoms with van der Waals surface area (Å²) in [5.41, 5.74) is -11.5. The molecule has 314 valence electrons. The summed E-state index contributed by atoms with van der Waals surface area (Å²) in [6, 6.07) is 15.6. The van der Waals surface area contributed by atoms with Crippen LogP contribution in [0.3, 0.4) is 0 Å². The van der Waals surface area contributed by atoms with Crippen LogP contribution in [0.1, 0.15) is 38.9 Å². The van der Waals surface area contributed by atoms with E-state index in [1.54, 1.807) is 6.07 Å². The first-order valence-electron chi connectivity index (χ1n) is 17.5. The zero-order valence-electron chi connectivity index (χ0n) is 30.3. The average molecular weight is 875 g/mol. The Morgan fingerprint density at radius 2 is 0.726 bits per heavy atom. The molecule has 0 aliphatic rings. The fourth-order valence-corrected chi connectivity index (χ4v) is 7.69. The maximum Gasteiger partial charge on any atom is 0.417 e. The van der Waals surface area contributed by atoms with Crippen molar-refractivity contribution in [1.29, 1.82) is 10.5 Å². The number of aromatic nitrogens is 2. The van der Waals surface area contributed by atoms with Gasteiger partial charge in [0.15, 0.2) is 0 Å². The lowest BCUT2D eigenvalue weighted by molar-refractivity contribution is -0.138. The van der Waals surface area contributed by atoms with Crippen LogP contribution in [0.25, 0.3) is 66.1 Å². The zero-order valence-corrected chi connectivity index (χ0v) is 30.3. The highest BCUT2D eigenvalue weighted by molar-refractivity contribution is 6.12. The van der Waals surface area contributed by atoms with Gasteiger partial charge in [-0.25, -0.2) is 0 Å². The number of halogens is 15. The number of nitriles is 2. The van der Waals surface area contributed by atoms with E-state index in [4.69, 9.17) is 0 Å². The molecule has 0 saturated carbocycles. The van der Waals surface area contributed by atoms with Gasteiger partial charge >= 0.3 is 30.9 Å². The van der Waals surface area contributed by atoms with Gasteiger partial charge in [0, 0.05) is 27.1 Å². The number of fused-ring (bicyclic) bond motifs is 6. The Morgan fingerprint density at radius 3 is 1.00 bits per heavy atom. The molecule has 6 aromatic carbocycles. The minimum atomic E-state index is -5.19. The molecule has 0 aliphatic carbocycles. The summed E-state index contributed by atoms with van der Waals surface area (Å²) in [5.74, 6) is 0. The number of benzene rings is 6. The van der Waals surface area contributed by atoms with Gasteiger partial charge < -0.3 is 9.13 Å². The summed E-state index contributed by atoms with van der Waals surface area (Å²) in [5, 5.41) is 19.2. The Labute approximate surface area is 336 Å². The molecule has 0 bridgehead atoms. The van der Waals surface area contributed by atoms with E-state index in [1.165, 1.54) is 0 Å². The van der Waals surface area contributed by atoms with Crippen LogP contribution >= 0.6 is 0 Å². The standard InChI is InChI=1S/C43H17F15N4/c44-39(45,46)22-4-8-32-26(14-22)27-15-23(40(47,48)49)5-9-33(27)61(32)36-12-21(38-20(18-59)2-1-3-31(38)43(56,57)58)13-37(30(36)19-60)62-34-10-6-24(41(50,51)52)16-28(34)29-17-25(42(53,54)55)7-11-35(29)62/h1-17H. The number of rotatable bonds is 3. The van der Waals surface area contributed by atoms with Gasteiger partial charge in [0.1, 0.15) is 11.6 Å². The third kappa shape index (κ3) is 6.77. The van der Waals surface area contributed by atoms with Crippen molar-refractivity contribution < 1.29 is 65.9 Å². The smallest absolute Gasteiger partial charge is 0.308 e. The van der Waals surface area contributed by atoms with Gasteiger partial charge in [0.05, 0.1) is 72.9 Å². The predicted molar refractivity (Wildman–Crippen MR) is 195 cm³/mol. The minimum Gasteiger partial charge on any atom is -0.308 e. The zero-order chi connectivity index (χ0) is 45.1. The molecule has 0 fully saturated rings. The molecule has 0 spiro atoms. The van der Waals surface area contributed by atoms with Gasteiger partial charge in [-0.1, -0.05) is 6.07 Å². The predicted octanol–water partition coefficient (Wildman–Crippen LogP) is 14.4. The Kier molecular flexibility index (Phi) is 9.18. The van der Waals surface area contributed by atoms with Gasteiger partial charge in [-0.2, -0.15) is 76.4 Å². The molecule has 62 heavy (non-hydrogen) atoms. The monoisotopic (exact) mass is 874 g/mol. The summed E-state index contributed by atoms with van der Waals surface area (Å²) in [6.45, 7) is 0. The SMILES string of the molecule is N#Cc1cccc(C(F)(F)F)c1-c1cc(-n2c3ccc(C(F)(F)F)cc3c3cc(C(F)(F)F)ccc32)c(C#N)c(-n2c3ccc(C(F)(F)F)cc3c3cc(C(F)(F)F)ccc32)c1. The summed E-state index contributed by atoms with van der Waals surface area (Å²) in [4.78, 5) is 0. The van der Waals surface area contributed by atoms with Gasteiger partial charge in [-0.3, -0.25) is 0 Å². The van der Waals surface area contributed by atoms with Crippen LogP contribution in [0.5, 0.6) is 0 Å². The highest BCUT2D eigenvalue weighted by Crippen LogP contribution is 2.47. The van der Waals surface area contributed by atoms with E-state index in [9.17, 15) is 76.4 Å². The molecule has 2 aromatic heterocycles. The second kappa shape index (κ2) is 13.7. The molecule has 0 saturated heterocycles. The lowest BCUT2D eigenvalue weighted by Gasteiger charge is -2.21. The van der Waals surface area contributed by atoms with E-state index in [1.807, 2.05) is 6.07 Å². The van der Waals surface area contributed by atoms with E-state index in [-0.39, 0.29) is 22.1 Å². The van der Waals surface area contributed by atoms with Crippen molar-refractivity contribution in [2.75, 3.05) is 0 Å². The first-order chi connectivity index (χ1) is 28.8. The Bertz CT molecular complexity index is 2940. The fourth-order valence-electron chi connectivity index (χ4n) is 7.69. The molecule has 0 atom stereocenters. The Morgan fingerprint density at radius 1 is 0.387 bits per heavy atom. The largest absolute Gasteiger partial charge is 0.417 e. The number of hydrogen-bond donors (Lipinski definition) is 0. The van der Waals surface area contributed by atoms with Crippen LogP contribution in [0.2, 0.25) is 0 Å². The van der Waals surface area contributed by atoms with Crippen molar-refractivity contribution in [3.05, 3.63) is 142 Å². The first kappa shape index (κ1) is 41.6. The minimum absolute atomic E-state index is 0.302. The van der Waals surface area contributed by atoms with Gasteiger partial charge in [-0.15, -0.1) is 0 Å². The lowest BCUT2D eigenvalue weighted by Crippen LogP contribution is -2.10. The molecule has 0 unspecified atom stereocenters. The molecule has 19 heteroatoms. The summed E-state index contributed by atoms with van der Waals surface area (Å²) < 4.78 is 215. The van der Waals surface area contributed by atoms with Crippen LogP contribution in [0.15, 0.2) is 103 Å². The van der Waals surface area contributed by atoms with Crippen molar-refractivity contribution in [1.82, 2.24) is 9.13 Å². The molecule has 4 nitrogen and oxygen atoms in total. The molecule has 2 heterocycles. The van der Waals surface area contributed by atoms with E-state index >= 15 is 0 Å². The topological polar surface area (TPSA) is 57.4 Å². The Balaban J connectivity index is 1.60. The van der Waals surface area contributed by atoms with Crippen molar-refractivity contribution in [2.24, 2.45) is 0 Å². The molecule has 8 aromatic rings. The highest BCUT2D eigenvalue weighted by atomic mass is 19.4. The first-order valence-corrected chi connectivity index (χ1v) is 17.5. The van der Waals surface area contributed by atoms with E-state index in [0.29, 0.717) is 54.6 Å². The fraction of sp³-hybridized carbons (Fsp3) is 0.116. The Hall–Kier alpha value is -7.15. The van der Waals surface area contributed by atoms with Crippen molar-refractivity contribution in [2.45, 2.75) is 30.9 Å². The second-order valence-corrected chi connectivity index (χ2v) is 13.9. The van der Waals surface area contributed by atoms with E-state index < -0.39 is 114 Å². The summed E-state index contributed by atoms with van der Waals surface area (Å²) >= 11 is 0. The second-order valence-electron chi connectivity index (χ2n) is 13.9. The average Bonchev–Trinajstić information content (AvgIpc) is 3.69. The van der Waals surface area contributed by atoms with Crippen LogP contribution in [-0.4, -0.2) is 9.13 Å². The van der Waals surface area contributed by atoms with Gasteiger partial charge in [0.25, 0.3) is 0 Å². The summed E-state index contributed by atoms with van der Waals surface area (Å²) in [7, 11) is 0. The number of alkyl halides is 15. The van der Waals surface area contributed by atoms with Crippen LogP contribution < -0.4 is 0 Å². The van der Waals surface area contributed by atoms with Crippen molar-refractivity contribution >= 4 is 43.6 Å². The number of hydrogen-bond acceptors (Lipinski definition) is 2. The third-order valence-corrected chi connectivity index (χ3v) is 10.3. The van der Waals surface area contributed by atoms with E-state index in [0.717, 1.165) is 57.7 Å². The van der Waals surface area contributed by atoms with Gasteiger partial charge in [0.2, 0.25) is 0 Å². The maximum atomic E-state index is 14.8. The maximum absolute atomic E-state index is 14.8. The molecule has 0 N–H and O–H groups in total. The van der Waals surface area contributed by atoms with Crippen LogP contribution in [-0.2, 0) is 30.9 Å². The molecular formula is C43H17F15N4. The highest BCUT2D eigenvalue weighted by Gasteiger charge is 2.38.